The Bertz CT molecular complexity index is 1010. The molecule has 0 saturated carbocycles. The Kier molecular flexibility index (Phi) is 15.4. The van der Waals surface area contributed by atoms with E-state index in [1.54, 1.807) is 0 Å². The number of aryl methyl sites for hydroxylation is 2. The number of allylic oxidation sites excluding steroid dienone is 2. The van der Waals surface area contributed by atoms with Crippen molar-refractivity contribution in [3.8, 4) is 0 Å². The van der Waals surface area contributed by atoms with Crippen LogP contribution in [0.5, 0.6) is 0 Å². The summed E-state index contributed by atoms with van der Waals surface area (Å²) < 4.78 is 1.46. The third kappa shape index (κ3) is 9.81. The van der Waals surface area contributed by atoms with Gasteiger partial charge in [0.15, 0.2) is 0 Å². The molecule has 2 nitrogen and oxygen atoms in total. The van der Waals surface area contributed by atoms with Gasteiger partial charge in [0.1, 0.15) is 0 Å². The monoisotopic (exact) mass is 570 g/mol. The topological polar surface area (TPSA) is 25.3 Å². The van der Waals surface area contributed by atoms with Crippen molar-refractivity contribution in [2.24, 2.45) is 0 Å². The summed E-state index contributed by atoms with van der Waals surface area (Å²) in [6.07, 6.45) is 16.4. The van der Waals surface area contributed by atoms with Gasteiger partial charge in [0.05, 0.1) is 0 Å². The second-order valence-corrected chi connectivity index (χ2v) is 11.2. The van der Waals surface area contributed by atoms with E-state index >= 15 is 0 Å². The minimum absolute atomic E-state index is 0.569. The van der Waals surface area contributed by atoms with Crippen molar-refractivity contribution in [1.29, 1.82) is 0 Å². The molecule has 0 aromatic heterocycles. The normalized spacial score (nSPS) is 13.1. The van der Waals surface area contributed by atoms with Crippen LogP contribution in [0.4, 0.5) is 0 Å². The van der Waals surface area contributed by atoms with Crippen LogP contribution in [0.25, 0.3) is 16.9 Å². The van der Waals surface area contributed by atoms with Crippen LogP contribution in [-0.2, 0) is 25.5 Å². The van der Waals surface area contributed by atoms with Gasteiger partial charge in [-0.25, -0.2) is 4.70 Å². The summed E-state index contributed by atoms with van der Waals surface area (Å²) in [5, 5.41) is 0. The Morgan fingerprint density at radius 3 is 1.69 bits per heavy atom. The Hall–Kier alpha value is -1.41. The van der Waals surface area contributed by atoms with Gasteiger partial charge in [-0.2, -0.15) is 0 Å². The first-order valence-electron chi connectivity index (χ1n) is 13.5. The molecule has 3 rings (SSSR count). The zero-order valence-corrected chi connectivity index (χ0v) is 24.6. The van der Waals surface area contributed by atoms with Crippen LogP contribution >= 0.6 is 20.4 Å². The predicted molar refractivity (Wildman–Crippen MR) is 154 cm³/mol. The quantitative estimate of drug-likeness (QED) is 0.122. The Labute approximate surface area is 234 Å². The number of halogens is 2. The average molecular weight is 572 g/mol. The molecule has 0 aliphatic carbocycles. The fourth-order valence-electron chi connectivity index (χ4n) is 4.74. The van der Waals surface area contributed by atoms with Crippen LogP contribution in [0.2, 0.25) is 0 Å². The Morgan fingerprint density at radius 2 is 1.17 bits per heavy atom. The molecule has 36 heavy (non-hydrogen) atoms. The number of hydrogen-bond acceptors (Lipinski definition) is 0. The van der Waals surface area contributed by atoms with Crippen molar-refractivity contribution in [2.45, 2.75) is 97.8 Å². The third-order valence-corrected chi connectivity index (χ3v) is 6.67. The summed E-state index contributed by atoms with van der Waals surface area (Å²) in [4.78, 5) is 0. The van der Waals surface area contributed by atoms with Gasteiger partial charge in [0.2, 0.25) is 11.4 Å². The summed E-state index contributed by atoms with van der Waals surface area (Å²) in [6, 6.07) is 17.5. The number of unbranched alkanes of at least 4 members (excludes halogenated alkanes) is 6. The van der Waals surface area contributed by atoms with E-state index < -0.39 is 0 Å². The maximum absolute atomic E-state index is 11.4. The number of nitrogens with zero attached hydrogens (tertiary/aromatic N) is 2. The van der Waals surface area contributed by atoms with Crippen LogP contribution in [-0.4, -0.2) is 4.70 Å². The van der Waals surface area contributed by atoms with Gasteiger partial charge in [-0.05, 0) is 73.9 Å². The molecule has 0 unspecified atom stereocenters. The van der Waals surface area contributed by atoms with Crippen LogP contribution in [0, 0.1) is 0 Å². The summed E-state index contributed by atoms with van der Waals surface area (Å²) in [5.41, 5.74) is 19.5. The second kappa shape index (κ2) is 17.9. The number of benzene rings is 2. The van der Waals surface area contributed by atoms with Crippen molar-refractivity contribution in [1.82, 2.24) is 0 Å². The zero-order valence-electron chi connectivity index (χ0n) is 22.1. The van der Waals surface area contributed by atoms with Crippen molar-refractivity contribution in [2.75, 3.05) is 0 Å². The van der Waals surface area contributed by atoms with Gasteiger partial charge in [-0.1, -0.05) is 83.6 Å². The molecule has 0 radical (unpaired) electrons. The maximum atomic E-state index is 11.4. The summed E-state index contributed by atoms with van der Waals surface area (Å²) >= 11 is 0.569. The van der Waals surface area contributed by atoms with E-state index in [2.05, 4.69) is 75.4 Å². The van der Waals surface area contributed by atoms with E-state index in [9.17, 15) is 5.53 Å². The van der Waals surface area contributed by atoms with E-state index in [0.29, 0.717) is 12.7 Å². The molecule has 2 aromatic carbocycles. The van der Waals surface area contributed by atoms with E-state index in [-0.39, 0.29) is 0 Å². The van der Waals surface area contributed by atoms with Crippen molar-refractivity contribution in [3.63, 3.8) is 0 Å². The van der Waals surface area contributed by atoms with E-state index in [1.807, 2.05) is 0 Å². The molecule has 200 valence electrons. The van der Waals surface area contributed by atoms with Gasteiger partial charge in [0, 0.05) is 22.8 Å². The van der Waals surface area contributed by atoms with Crippen LogP contribution in [0.15, 0.2) is 60.2 Å². The SMILES string of the molecule is CCCCCC1=C(c2cccc(CCCCC)c2)[N+](=[N-])C(c2cccc(CCCCC)c2)=C1.[Cl][Ni][Cl]. The minimum atomic E-state index is 0.569. The molecule has 5 heteroatoms. The zero-order chi connectivity index (χ0) is 26.2. The molecule has 0 bridgehead atoms. The van der Waals surface area contributed by atoms with Gasteiger partial charge in [0.25, 0.3) is 0 Å². The summed E-state index contributed by atoms with van der Waals surface area (Å²) in [5.74, 6) is 0. The second-order valence-electron chi connectivity index (χ2n) is 9.53. The summed E-state index contributed by atoms with van der Waals surface area (Å²) in [7, 11) is 9.40. The first-order valence-corrected chi connectivity index (χ1v) is 16.3. The number of hydrogen-bond donors (Lipinski definition) is 0. The van der Waals surface area contributed by atoms with E-state index in [0.717, 1.165) is 48.2 Å². The molecule has 0 amide bonds. The fraction of sp³-hybridized carbons (Fsp3) is 0.484. The molecule has 1 heterocycles. The third-order valence-electron chi connectivity index (χ3n) is 6.67. The van der Waals surface area contributed by atoms with E-state index in [4.69, 9.17) is 20.4 Å². The van der Waals surface area contributed by atoms with Gasteiger partial charge >= 0.3 is 33.0 Å². The predicted octanol–water partition coefficient (Wildman–Crippen LogP) is 10.9. The Balaban J connectivity index is 0.00000145. The molecule has 2 aromatic rings. The van der Waals surface area contributed by atoms with Crippen LogP contribution < -0.4 is 0 Å². The van der Waals surface area contributed by atoms with Crippen molar-refractivity contribution < 1.29 is 17.4 Å². The molecule has 0 atom stereocenters. The van der Waals surface area contributed by atoms with Crippen molar-refractivity contribution >= 4 is 31.8 Å². The van der Waals surface area contributed by atoms with Crippen LogP contribution in [0.3, 0.4) is 0 Å². The Morgan fingerprint density at radius 1 is 0.694 bits per heavy atom. The van der Waals surface area contributed by atoms with Gasteiger partial charge < -0.3 is 5.53 Å². The molecule has 0 spiro atoms. The van der Waals surface area contributed by atoms with Crippen molar-refractivity contribution in [3.05, 3.63) is 88.0 Å². The average Bonchev–Trinajstić information content (AvgIpc) is 3.21. The number of rotatable bonds is 14. The standard InChI is InChI=1S/C31H42N2.2ClH.Ni/c1-4-7-10-15-25-17-13-20-27(22-25)30-24-29(19-12-9-6-3)31(33(30)32)28-21-14-18-26(23-28)16-11-8-5-2;;;/h13-14,17-18,20-24H,4-12,15-16,19H2,1-3H3;2*1H;/q;;;+2/p-2. The molecule has 0 N–H and O–H groups in total. The molecule has 0 fully saturated rings. The summed E-state index contributed by atoms with van der Waals surface area (Å²) in [6.45, 7) is 6.74. The van der Waals surface area contributed by atoms with E-state index in [1.165, 1.54) is 72.8 Å². The molecular formula is C31H42Cl2N2Ni. The van der Waals surface area contributed by atoms with Gasteiger partial charge in [-0.15, -0.1) is 0 Å². The first kappa shape index (κ1) is 30.8. The van der Waals surface area contributed by atoms with Crippen LogP contribution in [0.1, 0.15) is 107 Å². The molecule has 1 aliphatic rings. The molecule has 1 aliphatic heterocycles. The fourth-order valence-corrected chi connectivity index (χ4v) is 4.74. The van der Waals surface area contributed by atoms with Gasteiger partial charge in [-0.3, -0.25) is 0 Å². The molecule has 0 saturated heterocycles. The first-order chi connectivity index (χ1) is 17.6. The molecular weight excluding hydrogens is 530 g/mol.